The van der Waals surface area contributed by atoms with Crippen molar-refractivity contribution in [2.75, 3.05) is 32.5 Å². The van der Waals surface area contributed by atoms with Crippen molar-refractivity contribution in [1.29, 1.82) is 0 Å². The van der Waals surface area contributed by atoms with Gasteiger partial charge in [-0.1, -0.05) is 24.3 Å². The van der Waals surface area contributed by atoms with Crippen molar-refractivity contribution in [3.8, 4) is 0 Å². The van der Waals surface area contributed by atoms with E-state index in [9.17, 15) is 24.6 Å². The number of hydrogen-bond acceptors (Lipinski definition) is 9. The fourth-order valence-corrected chi connectivity index (χ4v) is 5.07. The number of aldehydes is 2. The minimum absolute atomic E-state index is 0.0101. The van der Waals surface area contributed by atoms with Crippen LogP contribution in [0.1, 0.15) is 53.7 Å². The molecule has 3 unspecified atom stereocenters. The minimum atomic E-state index is -2.36. The van der Waals surface area contributed by atoms with E-state index in [2.05, 4.69) is 10.6 Å². The number of aliphatic hydroxyl groups is 2. The van der Waals surface area contributed by atoms with Gasteiger partial charge in [0.25, 0.3) is 5.91 Å². The molecular formula is C29H39FN4O6. The van der Waals surface area contributed by atoms with E-state index in [4.69, 9.17) is 4.74 Å². The van der Waals surface area contributed by atoms with Crippen molar-refractivity contribution in [3.05, 3.63) is 64.5 Å². The fraction of sp³-hybridized carbons (Fsp3) is 0.483. The molecule has 11 heteroatoms. The highest BCUT2D eigenvalue weighted by Crippen LogP contribution is 2.29. The summed E-state index contributed by atoms with van der Waals surface area (Å²) < 4.78 is 20.8. The first kappa shape index (κ1) is 31.3. The normalized spacial score (nSPS) is 18.8. The molecule has 3 atom stereocenters. The number of carbonyl (C=O) groups is 3. The van der Waals surface area contributed by atoms with Crippen LogP contribution in [0.2, 0.25) is 0 Å². The molecule has 10 nitrogen and oxygen atoms in total. The molecule has 2 aromatic carbocycles. The monoisotopic (exact) mass is 558 g/mol. The first-order valence-corrected chi connectivity index (χ1v) is 13.3. The molecule has 0 spiro atoms. The number of halogens is 1. The zero-order valence-corrected chi connectivity index (χ0v) is 23.4. The lowest BCUT2D eigenvalue weighted by Gasteiger charge is -2.42. The average Bonchev–Trinajstić information content (AvgIpc) is 2.92. The topological polar surface area (TPSA) is 131 Å². The van der Waals surface area contributed by atoms with E-state index in [1.165, 1.54) is 24.1 Å². The van der Waals surface area contributed by atoms with Crippen molar-refractivity contribution in [2.45, 2.75) is 63.9 Å². The molecule has 1 heterocycles. The molecule has 1 amide bonds. The number of nitrogens with zero attached hydrogens (tertiary/aromatic N) is 2. The number of likely N-dealkylation sites (N-methyl/N-ethyl adjacent to an activating group) is 2. The molecule has 1 aliphatic rings. The second kappa shape index (κ2) is 13.9. The summed E-state index contributed by atoms with van der Waals surface area (Å²) in [4.78, 5) is 38.4. The third kappa shape index (κ3) is 7.49. The molecule has 0 aromatic heterocycles. The van der Waals surface area contributed by atoms with E-state index < -0.39 is 17.8 Å². The van der Waals surface area contributed by atoms with Crippen LogP contribution in [-0.2, 0) is 33.3 Å². The summed E-state index contributed by atoms with van der Waals surface area (Å²) in [6.07, 6.45) is 1.60. The molecule has 218 valence electrons. The Kier molecular flexibility index (Phi) is 10.9. The number of rotatable bonds is 13. The summed E-state index contributed by atoms with van der Waals surface area (Å²) in [6.45, 7) is 4.52. The van der Waals surface area contributed by atoms with Crippen molar-refractivity contribution in [3.63, 3.8) is 0 Å². The first-order chi connectivity index (χ1) is 19.0. The van der Waals surface area contributed by atoms with Gasteiger partial charge in [-0.3, -0.25) is 14.5 Å². The number of carbonyl (C=O) groups excluding carboxylic acids is 3. The Morgan fingerprint density at radius 1 is 1.23 bits per heavy atom. The van der Waals surface area contributed by atoms with E-state index in [1.807, 2.05) is 13.8 Å². The maximum atomic E-state index is 15.2. The largest absolute Gasteiger partial charge is 0.381 e. The SMILES string of the molecule is CNC(=O)C(CCC=O)N(C)Cc1c(C=O)cccc1NCc1ccc(C(O)(O)N2CC(C)OC(C)C2)cc1F. The highest BCUT2D eigenvalue weighted by atomic mass is 19.1. The lowest BCUT2D eigenvalue weighted by molar-refractivity contribution is -0.298. The van der Waals surface area contributed by atoms with Crippen LogP contribution in [0.4, 0.5) is 10.1 Å². The van der Waals surface area contributed by atoms with Crippen LogP contribution in [0.25, 0.3) is 0 Å². The number of anilines is 1. The Bertz CT molecular complexity index is 1180. The van der Waals surface area contributed by atoms with Gasteiger partial charge in [0.1, 0.15) is 18.4 Å². The number of amides is 1. The predicted octanol–water partition coefficient (Wildman–Crippen LogP) is 1.98. The van der Waals surface area contributed by atoms with Crippen molar-refractivity contribution in [1.82, 2.24) is 15.1 Å². The van der Waals surface area contributed by atoms with Crippen LogP contribution in [0.3, 0.4) is 0 Å². The van der Waals surface area contributed by atoms with Crippen molar-refractivity contribution < 1.29 is 33.7 Å². The van der Waals surface area contributed by atoms with Gasteiger partial charge in [-0.05, 0) is 45.0 Å². The highest BCUT2D eigenvalue weighted by Gasteiger charge is 2.39. The highest BCUT2D eigenvalue weighted by molar-refractivity contribution is 5.82. The smallest absolute Gasteiger partial charge is 0.253 e. The maximum Gasteiger partial charge on any atom is 0.253 e. The molecule has 2 aromatic rings. The lowest BCUT2D eigenvalue weighted by atomic mass is 10.0. The Morgan fingerprint density at radius 3 is 2.52 bits per heavy atom. The Morgan fingerprint density at radius 2 is 1.93 bits per heavy atom. The molecule has 4 N–H and O–H groups in total. The predicted molar refractivity (Wildman–Crippen MR) is 148 cm³/mol. The molecule has 0 aliphatic carbocycles. The number of hydrogen-bond donors (Lipinski definition) is 4. The van der Waals surface area contributed by atoms with Crippen LogP contribution < -0.4 is 10.6 Å². The molecule has 1 aliphatic heterocycles. The standard InChI is InChI=1S/C29H39FN4O6/c1-19-15-34(16-20(2)40-19)29(38,39)23-11-10-21(25(30)13-23)14-32-26-8-5-7-22(18-36)24(26)17-33(4)27(9-6-12-35)28(37)31-3/h5,7-8,10-13,18-20,27,32,38-39H,6,9,14-17H2,1-4H3,(H,31,37). The summed E-state index contributed by atoms with van der Waals surface area (Å²) in [7, 11) is 3.26. The number of ether oxygens (including phenoxy) is 1. The summed E-state index contributed by atoms with van der Waals surface area (Å²) in [5.41, 5.74) is 1.92. The molecule has 1 saturated heterocycles. The molecule has 1 fully saturated rings. The molecular weight excluding hydrogens is 519 g/mol. The average molecular weight is 559 g/mol. The number of nitrogens with one attached hydrogen (secondary N) is 2. The molecule has 40 heavy (non-hydrogen) atoms. The van der Waals surface area contributed by atoms with Gasteiger partial charge in [0.15, 0.2) is 0 Å². The molecule has 3 rings (SSSR count). The van der Waals surface area contributed by atoms with Gasteiger partial charge in [-0.15, -0.1) is 0 Å². The number of morpholine rings is 1. The van der Waals surface area contributed by atoms with Crippen LogP contribution in [0.15, 0.2) is 36.4 Å². The minimum Gasteiger partial charge on any atom is -0.381 e. The van der Waals surface area contributed by atoms with Crippen LogP contribution in [-0.4, -0.2) is 83.9 Å². The lowest BCUT2D eigenvalue weighted by Crippen LogP contribution is -2.55. The molecule has 0 radical (unpaired) electrons. The van der Waals surface area contributed by atoms with Crippen molar-refractivity contribution >= 4 is 24.2 Å². The van der Waals surface area contributed by atoms with Gasteiger partial charge < -0.3 is 30.4 Å². The quantitative estimate of drug-likeness (QED) is 0.215. The van der Waals surface area contributed by atoms with Gasteiger partial charge in [0, 0.05) is 62.0 Å². The van der Waals surface area contributed by atoms with Crippen LogP contribution in [0.5, 0.6) is 0 Å². The fourth-order valence-electron chi connectivity index (χ4n) is 5.07. The second-order valence-electron chi connectivity index (χ2n) is 10.2. The Labute approximate surface area is 234 Å². The molecule has 0 saturated carbocycles. The second-order valence-corrected chi connectivity index (χ2v) is 10.2. The maximum absolute atomic E-state index is 15.2. The zero-order chi connectivity index (χ0) is 29.4. The Balaban J connectivity index is 1.79. The van der Waals surface area contributed by atoms with E-state index >= 15 is 4.39 Å². The summed E-state index contributed by atoms with van der Waals surface area (Å²) in [6, 6.07) is 8.61. The van der Waals surface area contributed by atoms with E-state index in [0.717, 1.165) is 18.6 Å². The van der Waals surface area contributed by atoms with Crippen LogP contribution in [0, 0.1) is 5.82 Å². The van der Waals surface area contributed by atoms with Gasteiger partial charge in [0.05, 0.1) is 18.2 Å². The van der Waals surface area contributed by atoms with E-state index in [1.54, 1.807) is 30.1 Å². The van der Waals surface area contributed by atoms with Gasteiger partial charge in [0.2, 0.25) is 5.91 Å². The van der Waals surface area contributed by atoms with E-state index in [-0.39, 0.29) is 61.8 Å². The van der Waals surface area contributed by atoms with Gasteiger partial charge in [-0.2, -0.15) is 0 Å². The van der Waals surface area contributed by atoms with Crippen molar-refractivity contribution in [2.24, 2.45) is 0 Å². The Hall–Kier alpha value is -3.22. The van der Waals surface area contributed by atoms with Gasteiger partial charge >= 0.3 is 0 Å². The third-order valence-corrected chi connectivity index (χ3v) is 7.16. The summed E-state index contributed by atoms with van der Waals surface area (Å²) in [5.74, 6) is -3.22. The molecule has 0 bridgehead atoms. The third-order valence-electron chi connectivity index (χ3n) is 7.16. The van der Waals surface area contributed by atoms with Gasteiger partial charge in [-0.25, -0.2) is 9.29 Å². The number of benzene rings is 2. The zero-order valence-electron chi connectivity index (χ0n) is 23.4. The van der Waals surface area contributed by atoms with E-state index in [0.29, 0.717) is 23.2 Å². The summed E-state index contributed by atoms with van der Waals surface area (Å²) >= 11 is 0. The summed E-state index contributed by atoms with van der Waals surface area (Å²) in [5, 5.41) is 27.5. The van der Waals surface area contributed by atoms with Crippen LogP contribution >= 0.6 is 0 Å². The first-order valence-electron chi connectivity index (χ1n) is 13.3.